The molecule has 0 spiro atoms. The van der Waals surface area contributed by atoms with E-state index in [1.165, 1.54) is 7.11 Å². The van der Waals surface area contributed by atoms with E-state index in [0.29, 0.717) is 12.8 Å². The van der Waals surface area contributed by atoms with E-state index < -0.39 is 29.7 Å². The molecule has 0 bridgehead atoms. The molecule has 0 aromatic rings. The Kier molecular flexibility index (Phi) is 6.93. The third kappa shape index (κ3) is 4.05. The van der Waals surface area contributed by atoms with Crippen LogP contribution in [0, 0.1) is 11.8 Å². The summed E-state index contributed by atoms with van der Waals surface area (Å²) in [4.78, 5) is 34.6. The van der Waals surface area contributed by atoms with E-state index in [9.17, 15) is 14.4 Å². The molecule has 17 heavy (non-hydrogen) atoms. The molecule has 0 aromatic carbocycles. The SMILES string of the molecule is CCCC(C(=O)OC)C(C(=O)OC)C(=O)OC. The number of hydrogen-bond acceptors (Lipinski definition) is 6. The molecule has 0 saturated carbocycles. The van der Waals surface area contributed by atoms with E-state index in [-0.39, 0.29) is 0 Å². The molecule has 0 heterocycles. The van der Waals surface area contributed by atoms with Gasteiger partial charge in [0, 0.05) is 0 Å². The van der Waals surface area contributed by atoms with Crippen LogP contribution in [0.2, 0.25) is 0 Å². The average Bonchev–Trinajstić information content (AvgIpc) is 2.36. The van der Waals surface area contributed by atoms with E-state index in [1.807, 2.05) is 6.92 Å². The Morgan fingerprint density at radius 3 is 1.59 bits per heavy atom. The van der Waals surface area contributed by atoms with Crippen LogP contribution in [0.15, 0.2) is 0 Å². The van der Waals surface area contributed by atoms with Crippen LogP contribution >= 0.6 is 0 Å². The maximum atomic E-state index is 11.5. The lowest BCUT2D eigenvalue weighted by atomic mass is 9.88. The molecular formula is C11H18O6. The van der Waals surface area contributed by atoms with Gasteiger partial charge in [-0.3, -0.25) is 14.4 Å². The first-order valence-electron chi connectivity index (χ1n) is 5.26. The highest BCUT2D eigenvalue weighted by Crippen LogP contribution is 2.22. The Morgan fingerprint density at radius 2 is 1.29 bits per heavy atom. The van der Waals surface area contributed by atoms with Gasteiger partial charge in [-0.25, -0.2) is 0 Å². The zero-order valence-corrected chi connectivity index (χ0v) is 10.5. The second-order valence-electron chi connectivity index (χ2n) is 3.44. The first kappa shape index (κ1) is 15.4. The summed E-state index contributed by atoms with van der Waals surface area (Å²) in [5.74, 6) is -4.34. The van der Waals surface area contributed by atoms with Gasteiger partial charge in [0.05, 0.1) is 27.2 Å². The van der Waals surface area contributed by atoms with Crippen molar-refractivity contribution in [1.82, 2.24) is 0 Å². The molecule has 6 nitrogen and oxygen atoms in total. The molecule has 0 aliphatic rings. The van der Waals surface area contributed by atoms with Crippen LogP contribution in [0.3, 0.4) is 0 Å². The minimum atomic E-state index is -1.27. The fourth-order valence-corrected chi connectivity index (χ4v) is 1.56. The molecule has 1 unspecified atom stereocenters. The zero-order chi connectivity index (χ0) is 13.4. The fourth-order valence-electron chi connectivity index (χ4n) is 1.56. The van der Waals surface area contributed by atoms with Crippen molar-refractivity contribution in [3.05, 3.63) is 0 Å². The largest absolute Gasteiger partial charge is 0.469 e. The highest BCUT2D eigenvalue weighted by molar-refractivity contribution is 5.99. The predicted molar refractivity (Wildman–Crippen MR) is 57.9 cm³/mol. The summed E-state index contributed by atoms with van der Waals surface area (Å²) < 4.78 is 13.6. The van der Waals surface area contributed by atoms with Crippen molar-refractivity contribution >= 4 is 17.9 Å². The Bertz CT molecular complexity index is 270. The number of carbonyl (C=O) groups is 3. The first-order valence-corrected chi connectivity index (χ1v) is 5.26. The van der Waals surface area contributed by atoms with Crippen LogP contribution in [0.1, 0.15) is 19.8 Å². The molecule has 0 N–H and O–H groups in total. The Labute approximate surface area is 100 Å². The number of ether oxygens (including phenoxy) is 3. The summed E-state index contributed by atoms with van der Waals surface area (Å²) in [7, 11) is 3.51. The molecule has 1 atom stereocenters. The standard InChI is InChI=1S/C11H18O6/c1-5-6-7(9(12)15-2)8(10(13)16-3)11(14)17-4/h7-8H,5-6H2,1-4H3. The topological polar surface area (TPSA) is 78.9 Å². The van der Waals surface area contributed by atoms with Crippen molar-refractivity contribution in [3.63, 3.8) is 0 Å². The molecule has 0 fully saturated rings. The van der Waals surface area contributed by atoms with Crippen LogP contribution in [-0.2, 0) is 28.6 Å². The second kappa shape index (κ2) is 7.65. The normalized spacial score (nSPS) is 11.8. The van der Waals surface area contributed by atoms with E-state index >= 15 is 0 Å². The minimum Gasteiger partial charge on any atom is -0.469 e. The summed E-state index contributed by atoms with van der Waals surface area (Å²) in [6, 6.07) is 0. The van der Waals surface area contributed by atoms with Gasteiger partial charge >= 0.3 is 17.9 Å². The lowest BCUT2D eigenvalue weighted by Gasteiger charge is -2.20. The first-order chi connectivity index (χ1) is 8.03. The van der Waals surface area contributed by atoms with E-state index in [2.05, 4.69) is 14.2 Å². The van der Waals surface area contributed by atoms with Crippen molar-refractivity contribution in [1.29, 1.82) is 0 Å². The smallest absolute Gasteiger partial charge is 0.320 e. The molecule has 0 saturated heterocycles. The highest BCUT2D eigenvalue weighted by atomic mass is 16.5. The van der Waals surface area contributed by atoms with Gasteiger partial charge < -0.3 is 14.2 Å². The van der Waals surface area contributed by atoms with Crippen LogP contribution in [-0.4, -0.2) is 39.2 Å². The third-order valence-corrected chi connectivity index (χ3v) is 2.42. The number of hydrogen-bond donors (Lipinski definition) is 0. The quantitative estimate of drug-likeness (QED) is 0.386. The Balaban J connectivity index is 5.13. The molecule has 0 radical (unpaired) electrons. The Hall–Kier alpha value is -1.59. The van der Waals surface area contributed by atoms with Crippen molar-refractivity contribution in [2.24, 2.45) is 11.8 Å². The van der Waals surface area contributed by atoms with Gasteiger partial charge in [-0.05, 0) is 6.42 Å². The molecule has 98 valence electrons. The van der Waals surface area contributed by atoms with Gasteiger partial charge in [-0.15, -0.1) is 0 Å². The lowest BCUT2D eigenvalue weighted by molar-refractivity contribution is -0.168. The monoisotopic (exact) mass is 246 g/mol. The molecule has 6 heteroatoms. The van der Waals surface area contributed by atoms with Crippen LogP contribution in [0.4, 0.5) is 0 Å². The number of carbonyl (C=O) groups excluding carboxylic acids is 3. The molecule has 0 aliphatic carbocycles. The summed E-state index contributed by atoms with van der Waals surface area (Å²) in [6.45, 7) is 1.83. The number of esters is 3. The van der Waals surface area contributed by atoms with Crippen LogP contribution in [0.5, 0.6) is 0 Å². The van der Waals surface area contributed by atoms with Crippen molar-refractivity contribution in [3.8, 4) is 0 Å². The maximum absolute atomic E-state index is 11.5. The lowest BCUT2D eigenvalue weighted by Crippen LogP contribution is -2.38. The van der Waals surface area contributed by atoms with E-state index in [4.69, 9.17) is 0 Å². The molecule has 0 amide bonds. The van der Waals surface area contributed by atoms with Crippen molar-refractivity contribution < 1.29 is 28.6 Å². The molecule has 0 rings (SSSR count). The van der Waals surface area contributed by atoms with Gasteiger partial charge in [0.2, 0.25) is 0 Å². The minimum absolute atomic E-state index is 0.349. The van der Waals surface area contributed by atoms with Crippen molar-refractivity contribution in [2.75, 3.05) is 21.3 Å². The zero-order valence-electron chi connectivity index (χ0n) is 10.5. The maximum Gasteiger partial charge on any atom is 0.320 e. The highest BCUT2D eigenvalue weighted by Gasteiger charge is 2.41. The number of rotatable bonds is 6. The second-order valence-corrected chi connectivity index (χ2v) is 3.44. The summed E-state index contributed by atoms with van der Waals surface area (Å²) in [5.41, 5.74) is 0. The summed E-state index contributed by atoms with van der Waals surface area (Å²) >= 11 is 0. The molecule has 0 aliphatic heterocycles. The Morgan fingerprint density at radius 1 is 0.882 bits per heavy atom. The number of methoxy groups -OCH3 is 3. The van der Waals surface area contributed by atoms with Gasteiger partial charge in [0.1, 0.15) is 0 Å². The van der Waals surface area contributed by atoms with E-state index in [0.717, 1.165) is 14.2 Å². The van der Waals surface area contributed by atoms with Gasteiger partial charge in [-0.2, -0.15) is 0 Å². The molecular weight excluding hydrogens is 228 g/mol. The fraction of sp³-hybridized carbons (Fsp3) is 0.727. The predicted octanol–water partition coefficient (Wildman–Crippen LogP) is 0.538. The van der Waals surface area contributed by atoms with Gasteiger partial charge in [-0.1, -0.05) is 13.3 Å². The van der Waals surface area contributed by atoms with E-state index in [1.54, 1.807) is 0 Å². The van der Waals surface area contributed by atoms with Gasteiger partial charge in [0.15, 0.2) is 5.92 Å². The average molecular weight is 246 g/mol. The third-order valence-electron chi connectivity index (χ3n) is 2.42. The van der Waals surface area contributed by atoms with Gasteiger partial charge in [0.25, 0.3) is 0 Å². The summed E-state index contributed by atoms with van der Waals surface area (Å²) in [6.07, 6.45) is 0.978. The van der Waals surface area contributed by atoms with Crippen LogP contribution < -0.4 is 0 Å². The van der Waals surface area contributed by atoms with Crippen molar-refractivity contribution in [2.45, 2.75) is 19.8 Å². The summed E-state index contributed by atoms with van der Waals surface area (Å²) in [5, 5.41) is 0. The van der Waals surface area contributed by atoms with Crippen LogP contribution in [0.25, 0.3) is 0 Å². The molecule has 0 aromatic heterocycles.